The molecule has 46 heavy (non-hydrogen) atoms. The van der Waals surface area contributed by atoms with E-state index in [0.29, 0.717) is 25.3 Å². The standard InChI is InChI=1S/C37H61O8P/c1-6-33-37(5,43-33)25-17-18-29(3)19-23-34-36(4,7-2)45-46(41,44-34)27-16-14-12-10-8-9-11-13-15-26-42-35(40)24-21-30-20-22-31(38)32(39)28-30/h18,20,22,28,33-34,38-39H,6-17,19,21,23-27H2,1-5H3. The van der Waals surface area contributed by atoms with Crippen LogP contribution in [0.25, 0.3) is 0 Å². The fourth-order valence-electron chi connectivity index (χ4n) is 6.42. The Labute approximate surface area is 278 Å². The molecule has 2 heterocycles. The zero-order valence-electron chi connectivity index (χ0n) is 29.2. The lowest BCUT2D eigenvalue weighted by Crippen LogP contribution is -2.35. The summed E-state index contributed by atoms with van der Waals surface area (Å²) in [5.41, 5.74) is 1.71. The molecular formula is C37H61O8P. The first kappa shape index (κ1) is 38.6. The summed E-state index contributed by atoms with van der Waals surface area (Å²) in [6.07, 6.45) is 19.1. The third-order valence-corrected chi connectivity index (χ3v) is 12.0. The van der Waals surface area contributed by atoms with Gasteiger partial charge in [-0.2, -0.15) is 0 Å². The normalized spacial score (nSPS) is 27.6. The summed E-state index contributed by atoms with van der Waals surface area (Å²) >= 11 is 0. The summed E-state index contributed by atoms with van der Waals surface area (Å²) in [6.45, 7) is 11.2. The molecule has 0 saturated carbocycles. The Balaban J connectivity index is 1.18. The summed E-state index contributed by atoms with van der Waals surface area (Å²) in [5.74, 6) is -0.581. The fraction of sp³-hybridized carbons (Fsp3) is 0.757. The molecule has 0 bridgehead atoms. The molecule has 2 saturated heterocycles. The smallest absolute Gasteiger partial charge is 0.331 e. The van der Waals surface area contributed by atoms with E-state index in [-0.39, 0.29) is 35.6 Å². The van der Waals surface area contributed by atoms with Gasteiger partial charge in [0.1, 0.15) is 5.60 Å². The number of phenolic OH excluding ortho intramolecular Hbond substituents is 2. The summed E-state index contributed by atoms with van der Waals surface area (Å²) in [5, 5.41) is 18.9. The zero-order valence-corrected chi connectivity index (χ0v) is 30.1. The number of esters is 1. The molecule has 1 aromatic rings. The van der Waals surface area contributed by atoms with Crippen molar-refractivity contribution in [3.05, 3.63) is 35.4 Å². The van der Waals surface area contributed by atoms with E-state index in [2.05, 4.69) is 40.7 Å². The lowest BCUT2D eigenvalue weighted by Gasteiger charge is -2.26. The number of ether oxygens (including phenoxy) is 2. The maximum atomic E-state index is 13.5. The Hall–Kier alpha value is -1.86. The highest BCUT2D eigenvalue weighted by atomic mass is 31.2. The van der Waals surface area contributed by atoms with Crippen molar-refractivity contribution >= 4 is 13.6 Å². The van der Waals surface area contributed by atoms with Gasteiger partial charge in [0.05, 0.1) is 30.6 Å². The van der Waals surface area contributed by atoms with Gasteiger partial charge in [-0.1, -0.05) is 76.5 Å². The third-order valence-electron chi connectivity index (χ3n) is 9.86. The number of rotatable bonds is 23. The molecule has 1 aromatic carbocycles. The minimum absolute atomic E-state index is 0.0630. The van der Waals surface area contributed by atoms with Crippen molar-refractivity contribution in [3.63, 3.8) is 0 Å². The first-order valence-electron chi connectivity index (χ1n) is 17.9. The summed E-state index contributed by atoms with van der Waals surface area (Å²) < 4.78 is 37.0. The number of carbonyl (C=O) groups is 1. The largest absolute Gasteiger partial charge is 0.504 e. The summed E-state index contributed by atoms with van der Waals surface area (Å²) in [4.78, 5) is 12.0. The van der Waals surface area contributed by atoms with E-state index in [9.17, 15) is 19.6 Å². The molecule has 0 aromatic heterocycles. The number of epoxide rings is 1. The number of aromatic hydroxyl groups is 2. The van der Waals surface area contributed by atoms with E-state index < -0.39 is 13.2 Å². The van der Waals surface area contributed by atoms with Gasteiger partial charge in [0, 0.05) is 6.42 Å². The second-order valence-corrected chi connectivity index (χ2v) is 15.9. The molecule has 3 rings (SSSR count). The van der Waals surface area contributed by atoms with Crippen molar-refractivity contribution in [2.45, 2.75) is 167 Å². The molecule has 2 aliphatic rings. The van der Waals surface area contributed by atoms with E-state index in [1.807, 2.05) is 0 Å². The summed E-state index contributed by atoms with van der Waals surface area (Å²) in [7, 11) is -3.07. The number of unbranched alkanes of at least 4 members (excludes halogenated alkanes) is 8. The third kappa shape index (κ3) is 12.6. The predicted molar refractivity (Wildman–Crippen MR) is 184 cm³/mol. The van der Waals surface area contributed by atoms with Gasteiger partial charge >= 0.3 is 13.6 Å². The van der Waals surface area contributed by atoms with Crippen LogP contribution in [0.3, 0.4) is 0 Å². The molecule has 262 valence electrons. The van der Waals surface area contributed by atoms with Crippen LogP contribution in [-0.2, 0) is 34.3 Å². The van der Waals surface area contributed by atoms with E-state index in [4.69, 9.17) is 18.5 Å². The molecule has 8 nitrogen and oxygen atoms in total. The lowest BCUT2D eigenvalue weighted by atomic mass is 9.91. The van der Waals surface area contributed by atoms with Gasteiger partial charge in [0.15, 0.2) is 11.5 Å². The van der Waals surface area contributed by atoms with E-state index in [1.165, 1.54) is 37.0 Å². The van der Waals surface area contributed by atoms with E-state index in [0.717, 1.165) is 82.6 Å². The average molecular weight is 665 g/mol. The molecule has 2 N–H and O–H groups in total. The van der Waals surface area contributed by atoms with Crippen molar-refractivity contribution in [1.82, 2.24) is 0 Å². The Kier molecular flexibility index (Phi) is 15.6. The maximum absolute atomic E-state index is 13.5. The highest BCUT2D eigenvalue weighted by Crippen LogP contribution is 2.62. The monoisotopic (exact) mass is 664 g/mol. The fourth-order valence-corrected chi connectivity index (χ4v) is 8.87. The Morgan fingerprint density at radius 3 is 2.24 bits per heavy atom. The van der Waals surface area contributed by atoms with Gasteiger partial charge in [-0.05, 0) is 96.3 Å². The van der Waals surface area contributed by atoms with Crippen molar-refractivity contribution < 1.29 is 38.1 Å². The van der Waals surface area contributed by atoms with Crippen LogP contribution in [0.15, 0.2) is 29.8 Å². The van der Waals surface area contributed by atoms with Gasteiger partial charge in [0.25, 0.3) is 0 Å². The van der Waals surface area contributed by atoms with E-state index in [1.54, 1.807) is 6.07 Å². The molecular weight excluding hydrogens is 603 g/mol. The number of aryl methyl sites for hydroxylation is 1. The molecule has 0 aliphatic carbocycles. The van der Waals surface area contributed by atoms with Crippen LogP contribution in [0.1, 0.15) is 143 Å². The van der Waals surface area contributed by atoms with Crippen LogP contribution in [0.2, 0.25) is 0 Å². The topological polar surface area (TPSA) is 115 Å². The number of hydrogen-bond acceptors (Lipinski definition) is 8. The first-order valence-corrected chi connectivity index (χ1v) is 19.6. The number of phenols is 2. The number of hydrogen-bond donors (Lipinski definition) is 2. The SMILES string of the molecule is CCC1OC1(C)CCC=C(C)CCC1OP(=O)(CCCCCCCCCCCOC(=O)CCc2ccc(O)c(O)c2)OC1(C)CC. The highest BCUT2D eigenvalue weighted by molar-refractivity contribution is 7.54. The maximum Gasteiger partial charge on any atom is 0.331 e. The molecule has 0 amide bonds. The average Bonchev–Trinajstić information content (AvgIpc) is 3.61. The van der Waals surface area contributed by atoms with Crippen LogP contribution in [0.5, 0.6) is 11.5 Å². The first-order chi connectivity index (χ1) is 21.9. The molecule has 5 unspecified atom stereocenters. The highest BCUT2D eigenvalue weighted by Gasteiger charge is 2.51. The summed E-state index contributed by atoms with van der Waals surface area (Å²) in [6, 6.07) is 4.58. The van der Waals surface area contributed by atoms with Gasteiger partial charge in [-0.3, -0.25) is 13.9 Å². The van der Waals surface area contributed by atoms with Crippen molar-refractivity contribution in [3.8, 4) is 11.5 Å². The van der Waals surface area contributed by atoms with Crippen molar-refractivity contribution in [2.24, 2.45) is 0 Å². The minimum Gasteiger partial charge on any atom is -0.504 e. The quantitative estimate of drug-likeness (QED) is 0.0297. The Morgan fingerprint density at radius 1 is 0.935 bits per heavy atom. The molecule has 2 fully saturated rings. The Bertz CT molecular complexity index is 1170. The second kappa shape index (κ2) is 18.6. The van der Waals surface area contributed by atoms with Crippen molar-refractivity contribution in [2.75, 3.05) is 12.8 Å². The number of benzene rings is 1. The molecule has 0 spiro atoms. The van der Waals surface area contributed by atoms with Crippen LogP contribution in [0, 0.1) is 0 Å². The van der Waals surface area contributed by atoms with Crippen LogP contribution in [-0.4, -0.2) is 52.4 Å². The number of carbonyl (C=O) groups excluding carboxylic acids is 1. The lowest BCUT2D eigenvalue weighted by molar-refractivity contribution is -0.143. The minimum atomic E-state index is -3.07. The van der Waals surface area contributed by atoms with E-state index >= 15 is 0 Å². The molecule has 0 radical (unpaired) electrons. The van der Waals surface area contributed by atoms with Gasteiger partial charge < -0.3 is 24.2 Å². The van der Waals surface area contributed by atoms with Crippen molar-refractivity contribution in [1.29, 1.82) is 0 Å². The van der Waals surface area contributed by atoms with Crippen LogP contribution >= 0.6 is 7.60 Å². The Morgan fingerprint density at radius 2 is 1.61 bits per heavy atom. The zero-order chi connectivity index (χ0) is 33.6. The van der Waals surface area contributed by atoms with Gasteiger partial charge in [0.2, 0.25) is 0 Å². The number of allylic oxidation sites excluding steroid dienone is 2. The van der Waals surface area contributed by atoms with Gasteiger partial charge in [-0.15, -0.1) is 0 Å². The molecule has 5 atom stereocenters. The van der Waals surface area contributed by atoms with Crippen LogP contribution < -0.4 is 0 Å². The van der Waals surface area contributed by atoms with Crippen LogP contribution in [0.4, 0.5) is 0 Å². The predicted octanol–water partition coefficient (Wildman–Crippen LogP) is 9.94. The van der Waals surface area contributed by atoms with Gasteiger partial charge in [-0.25, -0.2) is 0 Å². The molecule has 9 heteroatoms. The second-order valence-electron chi connectivity index (χ2n) is 13.9. The molecule has 2 aliphatic heterocycles.